The van der Waals surface area contributed by atoms with Crippen molar-refractivity contribution in [1.82, 2.24) is 0 Å². The van der Waals surface area contributed by atoms with Crippen LogP contribution in [0.4, 0.5) is 5.69 Å². The van der Waals surface area contributed by atoms with Crippen LogP contribution < -0.4 is 10.5 Å². The predicted octanol–water partition coefficient (Wildman–Crippen LogP) is 1.78. The SMILES string of the molecule is CCCCOC(=O)COc1cc(CN)ccc1[N+](=O)[O-]. The molecule has 0 atom stereocenters. The van der Waals surface area contributed by atoms with Gasteiger partial charge in [-0.05, 0) is 18.1 Å². The van der Waals surface area contributed by atoms with Crippen molar-refractivity contribution in [3.05, 3.63) is 33.9 Å². The molecule has 7 nitrogen and oxygen atoms in total. The van der Waals surface area contributed by atoms with Gasteiger partial charge in [-0.1, -0.05) is 19.4 Å². The second-order valence-corrected chi connectivity index (χ2v) is 4.13. The Morgan fingerprint density at radius 3 is 2.80 bits per heavy atom. The highest BCUT2D eigenvalue weighted by molar-refractivity contribution is 5.71. The zero-order valence-electron chi connectivity index (χ0n) is 11.3. The average Bonchev–Trinajstić information content (AvgIpc) is 2.44. The van der Waals surface area contributed by atoms with Gasteiger partial charge in [0.25, 0.3) is 0 Å². The molecular weight excluding hydrogens is 264 g/mol. The largest absolute Gasteiger partial charge is 0.475 e. The van der Waals surface area contributed by atoms with E-state index in [1.165, 1.54) is 12.1 Å². The first-order chi connectivity index (χ1) is 9.58. The number of nitro groups is 1. The second kappa shape index (κ2) is 8.11. The Morgan fingerprint density at radius 1 is 1.45 bits per heavy atom. The van der Waals surface area contributed by atoms with E-state index < -0.39 is 10.9 Å². The lowest BCUT2D eigenvalue weighted by atomic mass is 10.2. The summed E-state index contributed by atoms with van der Waals surface area (Å²) in [6, 6.07) is 4.31. The molecule has 0 aromatic heterocycles. The third-order valence-electron chi connectivity index (χ3n) is 2.56. The molecule has 0 saturated heterocycles. The second-order valence-electron chi connectivity index (χ2n) is 4.13. The molecule has 0 heterocycles. The van der Waals surface area contributed by atoms with E-state index in [0.717, 1.165) is 12.8 Å². The first-order valence-electron chi connectivity index (χ1n) is 6.34. The molecular formula is C13H18N2O5. The van der Waals surface area contributed by atoms with Gasteiger partial charge in [0.2, 0.25) is 0 Å². The Bertz CT molecular complexity index is 476. The van der Waals surface area contributed by atoms with Gasteiger partial charge >= 0.3 is 11.7 Å². The summed E-state index contributed by atoms with van der Waals surface area (Å²) in [6.07, 6.45) is 1.69. The monoisotopic (exact) mass is 282 g/mol. The fourth-order valence-corrected chi connectivity index (χ4v) is 1.46. The Kier molecular flexibility index (Phi) is 6.45. The Morgan fingerprint density at radius 2 is 2.20 bits per heavy atom. The number of carbonyl (C=O) groups is 1. The minimum atomic E-state index is -0.571. The van der Waals surface area contributed by atoms with Gasteiger partial charge in [0, 0.05) is 12.6 Å². The van der Waals surface area contributed by atoms with E-state index in [2.05, 4.69) is 0 Å². The molecule has 0 fully saturated rings. The molecule has 0 saturated carbocycles. The molecule has 0 spiro atoms. The molecule has 0 bridgehead atoms. The number of nitrogens with two attached hydrogens (primary N) is 1. The fraction of sp³-hybridized carbons (Fsp3) is 0.462. The van der Waals surface area contributed by atoms with E-state index in [9.17, 15) is 14.9 Å². The maximum Gasteiger partial charge on any atom is 0.344 e. The Balaban J connectivity index is 2.65. The minimum absolute atomic E-state index is 0.0189. The summed E-state index contributed by atoms with van der Waals surface area (Å²) in [5.41, 5.74) is 5.94. The van der Waals surface area contributed by atoms with Crippen molar-refractivity contribution >= 4 is 11.7 Å². The summed E-state index contributed by atoms with van der Waals surface area (Å²) in [5.74, 6) is -0.531. The van der Waals surface area contributed by atoms with Crippen LogP contribution in [-0.4, -0.2) is 24.1 Å². The molecule has 1 rings (SSSR count). The molecule has 1 aromatic carbocycles. The number of unbranched alkanes of at least 4 members (excludes halogenated alkanes) is 1. The number of rotatable bonds is 8. The molecule has 20 heavy (non-hydrogen) atoms. The molecule has 1 aromatic rings. The molecule has 110 valence electrons. The summed E-state index contributed by atoms with van der Waals surface area (Å²) in [5, 5.41) is 10.9. The van der Waals surface area contributed by atoms with Gasteiger partial charge in [0.1, 0.15) is 0 Å². The maximum absolute atomic E-state index is 11.4. The van der Waals surface area contributed by atoms with Crippen LogP contribution in [0.5, 0.6) is 5.75 Å². The van der Waals surface area contributed by atoms with Crippen LogP contribution in [0.3, 0.4) is 0 Å². The van der Waals surface area contributed by atoms with Crippen LogP contribution >= 0.6 is 0 Å². The Hall–Kier alpha value is -2.15. The van der Waals surface area contributed by atoms with Crippen molar-refractivity contribution in [1.29, 1.82) is 0 Å². The van der Waals surface area contributed by atoms with Crippen LogP contribution in [0, 0.1) is 10.1 Å². The third-order valence-corrected chi connectivity index (χ3v) is 2.56. The van der Waals surface area contributed by atoms with Crippen LogP contribution in [-0.2, 0) is 16.1 Å². The van der Waals surface area contributed by atoms with Crippen molar-refractivity contribution in [2.75, 3.05) is 13.2 Å². The van der Waals surface area contributed by atoms with E-state index in [-0.39, 0.29) is 24.6 Å². The number of nitrogens with zero attached hydrogens (tertiary/aromatic N) is 1. The average molecular weight is 282 g/mol. The minimum Gasteiger partial charge on any atom is -0.475 e. The number of esters is 1. The molecule has 0 aliphatic carbocycles. The lowest BCUT2D eigenvalue weighted by Crippen LogP contribution is -2.16. The molecule has 0 amide bonds. The lowest BCUT2D eigenvalue weighted by Gasteiger charge is -2.08. The van der Waals surface area contributed by atoms with Crippen molar-refractivity contribution in [2.24, 2.45) is 5.73 Å². The van der Waals surface area contributed by atoms with E-state index >= 15 is 0 Å². The first kappa shape index (κ1) is 15.9. The van der Waals surface area contributed by atoms with Gasteiger partial charge < -0.3 is 15.2 Å². The van der Waals surface area contributed by atoms with Gasteiger partial charge in [-0.15, -0.1) is 0 Å². The van der Waals surface area contributed by atoms with Gasteiger partial charge in [0.15, 0.2) is 12.4 Å². The van der Waals surface area contributed by atoms with Gasteiger partial charge in [-0.2, -0.15) is 0 Å². The molecule has 0 aliphatic rings. The standard InChI is InChI=1S/C13H18N2O5/c1-2-3-6-19-13(16)9-20-12-7-10(8-14)4-5-11(12)15(17)18/h4-5,7H,2-3,6,8-9,14H2,1H3. The highest BCUT2D eigenvalue weighted by Gasteiger charge is 2.16. The van der Waals surface area contributed by atoms with Gasteiger partial charge in [-0.3, -0.25) is 10.1 Å². The number of ether oxygens (including phenoxy) is 2. The quantitative estimate of drug-likeness (QED) is 0.337. The summed E-state index contributed by atoms with van der Waals surface area (Å²) in [6.45, 7) is 2.17. The van der Waals surface area contributed by atoms with Crippen LogP contribution in [0.1, 0.15) is 25.3 Å². The Labute approximate surface area is 116 Å². The zero-order valence-corrected chi connectivity index (χ0v) is 11.3. The van der Waals surface area contributed by atoms with E-state index in [1.54, 1.807) is 6.07 Å². The van der Waals surface area contributed by atoms with Crippen LogP contribution in [0.15, 0.2) is 18.2 Å². The van der Waals surface area contributed by atoms with E-state index in [1.807, 2.05) is 6.92 Å². The summed E-state index contributed by atoms with van der Waals surface area (Å²) < 4.78 is 10.1. The predicted molar refractivity (Wildman–Crippen MR) is 72.3 cm³/mol. The van der Waals surface area contributed by atoms with Crippen LogP contribution in [0.25, 0.3) is 0 Å². The van der Waals surface area contributed by atoms with E-state index in [4.69, 9.17) is 15.2 Å². The highest BCUT2D eigenvalue weighted by atomic mass is 16.6. The smallest absolute Gasteiger partial charge is 0.344 e. The molecule has 0 unspecified atom stereocenters. The lowest BCUT2D eigenvalue weighted by molar-refractivity contribution is -0.385. The summed E-state index contributed by atoms with van der Waals surface area (Å²) in [7, 11) is 0. The topological polar surface area (TPSA) is 105 Å². The number of carbonyl (C=O) groups excluding carboxylic acids is 1. The van der Waals surface area contributed by atoms with Crippen LogP contribution in [0.2, 0.25) is 0 Å². The highest BCUT2D eigenvalue weighted by Crippen LogP contribution is 2.27. The third kappa shape index (κ3) is 4.85. The van der Waals surface area contributed by atoms with Crippen molar-refractivity contribution in [3.8, 4) is 5.75 Å². The number of nitro benzene ring substituents is 1. The van der Waals surface area contributed by atoms with Crippen molar-refractivity contribution < 1.29 is 19.2 Å². The molecule has 0 radical (unpaired) electrons. The molecule has 2 N–H and O–H groups in total. The van der Waals surface area contributed by atoms with E-state index in [0.29, 0.717) is 12.2 Å². The van der Waals surface area contributed by atoms with Crippen molar-refractivity contribution in [3.63, 3.8) is 0 Å². The zero-order chi connectivity index (χ0) is 15.0. The number of hydrogen-bond acceptors (Lipinski definition) is 6. The summed E-state index contributed by atoms with van der Waals surface area (Å²) >= 11 is 0. The normalized spacial score (nSPS) is 10.1. The van der Waals surface area contributed by atoms with Gasteiger partial charge in [0.05, 0.1) is 11.5 Å². The maximum atomic E-state index is 11.4. The fourth-order valence-electron chi connectivity index (χ4n) is 1.46. The van der Waals surface area contributed by atoms with Gasteiger partial charge in [-0.25, -0.2) is 4.79 Å². The van der Waals surface area contributed by atoms with Crippen molar-refractivity contribution in [2.45, 2.75) is 26.3 Å². The number of benzene rings is 1. The first-order valence-corrected chi connectivity index (χ1v) is 6.34. The number of hydrogen-bond donors (Lipinski definition) is 1. The molecule has 0 aliphatic heterocycles. The molecule has 7 heteroatoms. The summed E-state index contributed by atoms with van der Waals surface area (Å²) in [4.78, 5) is 21.7.